The van der Waals surface area contributed by atoms with E-state index in [1.54, 1.807) is 0 Å². The molecule has 1 fully saturated rings. The SMILES string of the molecule is NCC(COc1cccc(Br)c1)C1CCNCC1. The van der Waals surface area contributed by atoms with E-state index in [-0.39, 0.29) is 0 Å². The van der Waals surface area contributed by atoms with Gasteiger partial charge in [0.1, 0.15) is 5.75 Å². The number of ether oxygens (including phenoxy) is 1. The maximum absolute atomic E-state index is 5.89. The van der Waals surface area contributed by atoms with Crippen LogP contribution in [0.3, 0.4) is 0 Å². The number of nitrogens with two attached hydrogens (primary N) is 1. The van der Waals surface area contributed by atoms with Crippen LogP contribution in [0.25, 0.3) is 0 Å². The minimum absolute atomic E-state index is 0.464. The van der Waals surface area contributed by atoms with Crippen LogP contribution in [0.2, 0.25) is 0 Å². The summed E-state index contributed by atoms with van der Waals surface area (Å²) in [6.07, 6.45) is 2.42. The zero-order valence-electron chi connectivity index (χ0n) is 10.6. The third kappa shape index (κ3) is 3.97. The van der Waals surface area contributed by atoms with Gasteiger partial charge in [-0.1, -0.05) is 22.0 Å². The maximum Gasteiger partial charge on any atom is 0.120 e. The highest BCUT2D eigenvalue weighted by atomic mass is 79.9. The zero-order valence-corrected chi connectivity index (χ0v) is 12.2. The third-order valence-corrected chi connectivity index (χ3v) is 4.11. The summed E-state index contributed by atoms with van der Waals surface area (Å²) in [7, 11) is 0. The molecule has 0 bridgehead atoms. The van der Waals surface area contributed by atoms with Crippen molar-refractivity contribution in [2.75, 3.05) is 26.2 Å². The first-order valence-corrected chi connectivity index (χ1v) is 7.38. The van der Waals surface area contributed by atoms with Gasteiger partial charge in [-0.05, 0) is 56.6 Å². The molecule has 1 aliphatic heterocycles. The highest BCUT2D eigenvalue weighted by Gasteiger charge is 2.22. The fourth-order valence-corrected chi connectivity index (χ4v) is 2.85. The minimum atomic E-state index is 0.464. The van der Waals surface area contributed by atoms with E-state index in [0.29, 0.717) is 18.4 Å². The van der Waals surface area contributed by atoms with Gasteiger partial charge in [0.05, 0.1) is 6.61 Å². The molecule has 3 nitrogen and oxygen atoms in total. The smallest absolute Gasteiger partial charge is 0.120 e. The summed E-state index contributed by atoms with van der Waals surface area (Å²) in [5, 5.41) is 3.39. The second kappa shape index (κ2) is 7.12. The molecule has 0 aromatic heterocycles. The molecule has 0 aliphatic carbocycles. The van der Waals surface area contributed by atoms with Crippen LogP contribution in [-0.2, 0) is 0 Å². The summed E-state index contributed by atoms with van der Waals surface area (Å²) >= 11 is 3.45. The van der Waals surface area contributed by atoms with E-state index in [0.717, 1.165) is 29.9 Å². The molecule has 1 heterocycles. The Morgan fingerprint density at radius 1 is 1.39 bits per heavy atom. The van der Waals surface area contributed by atoms with Gasteiger partial charge in [-0.2, -0.15) is 0 Å². The fourth-order valence-electron chi connectivity index (χ4n) is 2.47. The van der Waals surface area contributed by atoms with Crippen LogP contribution < -0.4 is 15.8 Å². The predicted octanol–water partition coefficient (Wildman–Crippen LogP) is 2.40. The quantitative estimate of drug-likeness (QED) is 0.877. The number of benzene rings is 1. The Kier molecular flexibility index (Phi) is 5.47. The van der Waals surface area contributed by atoms with Gasteiger partial charge in [-0.25, -0.2) is 0 Å². The maximum atomic E-state index is 5.89. The Labute approximate surface area is 117 Å². The molecular weight excluding hydrogens is 292 g/mol. The van der Waals surface area contributed by atoms with Crippen molar-refractivity contribution < 1.29 is 4.74 Å². The molecule has 4 heteroatoms. The van der Waals surface area contributed by atoms with Crippen LogP contribution >= 0.6 is 15.9 Å². The van der Waals surface area contributed by atoms with Gasteiger partial charge in [0.25, 0.3) is 0 Å². The molecule has 0 spiro atoms. The minimum Gasteiger partial charge on any atom is -0.493 e. The average molecular weight is 313 g/mol. The first kappa shape index (κ1) is 13.8. The first-order valence-electron chi connectivity index (χ1n) is 6.58. The van der Waals surface area contributed by atoms with Gasteiger partial charge in [-0.15, -0.1) is 0 Å². The van der Waals surface area contributed by atoms with Gasteiger partial charge >= 0.3 is 0 Å². The second-order valence-corrected chi connectivity index (χ2v) is 5.77. The van der Waals surface area contributed by atoms with Crippen molar-refractivity contribution in [3.8, 4) is 5.75 Å². The molecule has 1 unspecified atom stereocenters. The second-order valence-electron chi connectivity index (χ2n) is 4.85. The fraction of sp³-hybridized carbons (Fsp3) is 0.571. The van der Waals surface area contributed by atoms with Gasteiger partial charge < -0.3 is 15.8 Å². The van der Waals surface area contributed by atoms with Crippen molar-refractivity contribution in [1.29, 1.82) is 0 Å². The van der Waals surface area contributed by atoms with Crippen LogP contribution in [0.15, 0.2) is 28.7 Å². The van der Waals surface area contributed by atoms with Crippen LogP contribution in [0, 0.1) is 11.8 Å². The number of hydrogen-bond acceptors (Lipinski definition) is 3. The normalized spacial score (nSPS) is 18.6. The summed E-state index contributed by atoms with van der Waals surface area (Å²) in [6.45, 7) is 3.65. The third-order valence-electron chi connectivity index (χ3n) is 3.61. The Morgan fingerprint density at radius 2 is 2.17 bits per heavy atom. The number of rotatable bonds is 5. The van der Waals surface area contributed by atoms with E-state index in [9.17, 15) is 0 Å². The van der Waals surface area contributed by atoms with Crippen molar-refractivity contribution in [3.63, 3.8) is 0 Å². The van der Waals surface area contributed by atoms with E-state index in [4.69, 9.17) is 10.5 Å². The number of nitrogens with one attached hydrogen (secondary N) is 1. The average Bonchev–Trinajstić information content (AvgIpc) is 2.41. The van der Waals surface area contributed by atoms with Crippen molar-refractivity contribution in [2.45, 2.75) is 12.8 Å². The van der Waals surface area contributed by atoms with E-state index >= 15 is 0 Å². The van der Waals surface area contributed by atoms with Gasteiger partial charge in [-0.3, -0.25) is 0 Å². The predicted molar refractivity (Wildman–Crippen MR) is 77.8 cm³/mol. The van der Waals surface area contributed by atoms with Gasteiger partial charge in [0, 0.05) is 10.4 Å². The summed E-state index contributed by atoms with van der Waals surface area (Å²) in [6, 6.07) is 7.97. The lowest BCUT2D eigenvalue weighted by molar-refractivity contribution is 0.172. The molecule has 18 heavy (non-hydrogen) atoms. The Hall–Kier alpha value is -0.580. The largest absolute Gasteiger partial charge is 0.493 e. The number of piperidine rings is 1. The highest BCUT2D eigenvalue weighted by molar-refractivity contribution is 9.10. The van der Waals surface area contributed by atoms with Gasteiger partial charge in [0.15, 0.2) is 0 Å². The Bertz CT molecular complexity index is 367. The number of halogens is 1. The lowest BCUT2D eigenvalue weighted by Gasteiger charge is -2.29. The molecule has 0 saturated carbocycles. The Balaban J connectivity index is 1.86. The van der Waals surface area contributed by atoms with E-state index in [2.05, 4.69) is 21.2 Å². The molecule has 1 aliphatic rings. The van der Waals surface area contributed by atoms with E-state index in [1.807, 2.05) is 24.3 Å². The lowest BCUT2D eigenvalue weighted by atomic mass is 9.85. The Morgan fingerprint density at radius 3 is 2.83 bits per heavy atom. The molecule has 1 aromatic rings. The highest BCUT2D eigenvalue weighted by Crippen LogP contribution is 2.23. The molecule has 100 valence electrons. The molecular formula is C14H21BrN2O. The standard InChI is InChI=1S/C14H21BrN2O/c15-13-2-1-3-14(8-13)18-10-12(9-16)11-4-6-17-7-5-11/h1-3,8,11-12,17H,4-7,9-10,16H2. The van der Waals surface area contributed by atoms with Crippen LogP contribution in [0.4, 0.5) is 0 Å². The molecule has 1 atom stereocenters. The van der Waals surface area contributed by atoms with Crippen LogP contribution in [0.1, 0.15) is 12.8 Å². The number of hydrogen-bond donors (Lipinski definition) is 2. The van der Waals surface area contributed by atoms with Crippen molar-refractivity contribution in [1.82, 2.24) is 5.32 Å². The van der Waals surface area contributed by atoms with Crippen molar-refractivity contribution in [3.05, 3.63) is 28.7 Å². The summed E-state index contributed by atoms with van der Waals surface area (Å²) in [4.78, 5) is 0. The van der Waals surface area contributed by atoms with Crippen LogP contribution in [-0.4, -0.2) is 26.2 Å². The summed E-state index contributed by atoms with van der Waals surface area (Å²) in [5.41, 5.74) is 5.89. The van der Waals surface area contributed by atoms with Crippen molar-refractivity contribution >= 4 is 15.9 Å². The van der Waals surface area contributed by atoms with Crippen LogP contribution in [0.5, 0.6) is 5.75 Å². The molecule has 1 aromatic carbocycles. The topological polar surface area (TPSA) is 47.3 Å². The van der Waals surface area contributed by atoms with Crippen molar-refractivity contribution in [2.24, 2.45) is 17.6 Å². The first-order chi connectivity index (χ1) is 8.79. The molecule has 1 saturated heterocycles. The molecule has 3 N–H and O–H groups in total. The monoisotopic (exact) mass is 312 g/mol. The molecule has 2 rings (SSSR count). The van der Waals surface area contributed by atoms with E-state index < -0.39 is 0 Å². The molecule has 0 radical (unpaired) electrons. The van der Waals surface area contributed by atoms with Gasteiger partial charge in [0.2, 0.25) is 0 Å². The summed E-state index contributed by atoms with van der Waals surface area (Å²) < 4.78 is 6.91. The van der Waals surface area contributed by atoms with E-state index in [1.165, 1.54) is 12.8 Å². The zero-order chi connectivity index (χ0) is 12.8. The summed E-state index contributed by atoms with van der Waals surface area (Å²) in [5.74, 6) is 2.08. The lowest BCUT2D eigenvalue weighted by Crippen LogP contribution is -2.37. The molecule has 0 amide bonds.